The van der Waals surface area contributed by atoms with E-state index in [9.17, 15) is 4.79 Å². The van der Waals surface area contributed by atoms with E-state index in [0.29, 0.717) is 16.8 Å². The van der Waals surface area contributed by atoms with E-state index in [-0.39, 0.29) is 11.8 Å². The quantitative estimate of drug-likeness (QED) is 0.450. The number of carbonyl (C=O) groups is 1. The van der Waals surface area contributed by atoms with E-state index in [0.717, 1.165) is 15.5 Å². The molecular weight excluding hydrogens is 362 g/mol. The van der Waals surface area contributed by atoms with Gasteiger partial charge in [0.25, 0.3) is 0 Å². The molecule has 3 aromatic rings. The van der Waals surface area contributed by atoms with Crippen LogP contribution in [0.25, 0.3) is 0 Å². The minimum Gasteiger partial charge on any atom is -0.300 e. The zero-order valence-corrected chi connectivity index (χ0v) is 16.4. The molecule has 4 nitrogen and oxygen atoms in total. The zero-order valence-electron chi connectivity index (χ0n) is 14.8. The number of rotatable bonds is 7. The Morgan fingerprint density at radius 2 is 1.58 bits per heavy atom. The monoisotopic (exact) mass is 383 g/mol. The Kier molecular flexibility index (Phi) is 6.41. The van der Waals surface area contributed by atoms with E-state index >= 15 is 0 Å². The van der Waals surface area contributed by atoms with Gasteiger partial charge in [-0.3, -0.25) is 4.79 Å². The third-order valence-corrected chi connectivity index (χ3v) is 5.71. The molecule has 1 N–H and O–H groups in total. The molecule has 0 bridgehead atoms. The molecule has 3 rings (SSSR count). The van der Waals surface area contributed by atoms with Gasteiger partial charge in [0.15, 0.2) is 4.34 Å². The van der Waals surface area contributed by atoms with Crippen LogP contribution in [0.2, 0.25) is 0 Å². The molecule has 0 aliphatic heterocycles. The summed E-state index contributed by atoms with van der Waals surface area (Å²) in [6.45, 7) is 4.21. The van der Waals surface area contributed by atoms with Crippen molar-refractivity contribution in [3.63, 3.8) is 0 Å². The van der Waals surface area contributed by atoms with Gasteiger partial charge in [-0.05, 0) is 11.1 Å². The van der Waals surface area contributed by atoms with Crippen LogP contribution in [-0.4, -0.2) is 21.4 Å². The largest absolute Gasteiger partial charge is 0.300 e. The minimum atomic E-state index is -0.0556. The van der Waals surface area contributed by atoms with Gasteiger partial charge in [-0.15, -0.1) is 10.2 Å². The standard InChI is InChI=1S/C20H21N3OS2/c1-14(2)25-20-23-22-19(26-20)21-18(24)13-17(15-9-5-3-6-10-15)16-11-7-4-8-12-16/h3-12,14,17H,13H2,1-2H3,(H,21,22,24). The van der Waals surface area contributed by atoms with Crippen molar-refractivity contribution in [3.8, 4) is 0 Å². The highest BCUT2D eigenvalue weighted by Gasteiger charge is 2.19. The summed E-state index contributed by atoms with van der Waals surface area (Å²) < 4.78 is 0.873. The van der Waals surface area contributed by atoms with Gasteiger partial charge in [0.1, 0.15) is 0 Å². The molecule has 0 aliphatic carbocycles. The molecule has 0 unspecified atom stereocenters. The van der Waals surface area contributed by atoms with E-state index in [4.69, 9.17) is 0 Å². The Labute approximate surface area is 162 Å². The number of hydrogen-bond donors (Lipinski definition) is 1. The number of hydrogen-bond acceptors (Lipinski definition) is 5. The van der Waals surface area contributed by atoms with Gasteiger partial charge in [0.2, 0.25) is 11.0 Å². The summed E-state index contributed by atoms with van der Waals surface area (Å²) in [6, 6.07) is 20.2. The van der Waals surface area contributed by atoms with Crippen molar-refractivity contribution >= 4 is 34.1 Å². The first-order chi connectivity index (χ1) is 12.6. The first-order valence-corrected chi connectivity index (χ1v) is 10.2. The van der Waals surface area contributed by atoms with Crippen molar-refractivity contribution in [2.45, 2.75) is 35.8 Å². The lowest BCUT2D eigenvalue weighted by Gasteiger charge is -2.17. The first kappa shape index (κ1) is 18.6. The average Bonchev–Trinajstić information content (AvgIpc) is 3.07. The number of thioether (sulfide) groups is 1. The molecule has 134 valence electrons. The molecule has 6 heteroatoms. The second-order valence-corrected chi connectivity index (χ2v) is 8.97. The summed E-state index contributed by atoms with van der Waals surface area (Å²) in [4.78, 5) is 12.6. The van der Waals surface area contributed by atoms with Crippen LogP contribution in [0.5, 0.6) is 0 Å². The molecule has 1 amide bonds. The molecule has 0 saturated carbocycles. The highest BCUT2D eigenvalue weighted by Crippen LogP contribution is 2.30. The number of nitrogens with zero attached hydrogens (tertiary/aromatic N) is 2. The molecular formula is C20H21N3OS2. The number of carbonyl (C=O) groups excluding carboxylic acids is 1. The predicted molar refractivity (Wildman–Crippen MR) is 109 cm³/mol. The molecule has 0 fully saturated rings. The van der Waals surface area contributed by atoms with Gasteiger partial charge in [-0.2, -0.15) is 0 Å². The number of aromatic nitrogens is 2. The zero-order chi connectivity index (χ0) is 18.4. The molecule has 0 saturated heterocycles. The van der Waals surface area contributed by atoms with Crippen molar-refractivity contribution in [1.82, 2.24) is 10.2 Å². The maximum atomic E-state index is 12.6. The van der Waals surface area contributed by atoms with Crippen LogP contribution in [0, 0.1) is 0 Å². The topological polar surface area (TPSA) is 54.9 Å². The molecule has 1 aromatic heterocycles. The fourth-order valence-electron chi connectivity index (χ4n) is 2.66. The lowest BCUT2D eigenvalue weighted by Crippen LogP contribution is -2.16. The Morgan fingerprint density at radius 1 is 1.00 bits per heavy atom. The second kappa shape index (κ2) is 8.96. The van der Waals surface area contributed by atoms with Crippen LogP contribution in [0.3, 0.4) is 0 Å². The number of nitrogens with one attached hydrogen (secondary N) is 1. The van der Waals surface area contributed by atoms with E-state index in [1.807, 2.05) is 36.4 Å². The van der Waals surface area contributed by atoms with Crippen LogP contribution in [0.4, 0.5) is 5.13 Å². The van der Waals surface area contributed by atoms with Crippen LogP contribution in [-0.2, 0) is 4.79 Å². The molecule has 2 aromatic carbocycles. The molecule has 0 aliphatic rings. The fourth-order valence-corrected chi connectivity index (χ4v) is 4.66. The summed E-state index contributed by atoms with van der Waals surface area (Å²) in [5.74, 6) is -0.0465. The van der Waals surface area contributed by atoms with Crippen LogP contribution in [0.1, 0.15) is 37.3 Å². The van der Waals surface area contributed by atoms with Gasteiger partial charge in [0.05, 0.1) is 0 Å². The first-order valence-electron chi connectivity index (χ1n) is 8.51. The van der Waals surface area contributed by atoms with Crippen LogP contribution < -0.4 is 5.32 Å². The Hall–Kier alpha value is -2.18. The molecule has 0 radical (unpaired) electrons. The summed E-state index contributed by atoms with van der Waals surface area (Å²) in [7, 11) is 0. The van der Waals surface area contributed by atoms with Crippen molar-refractivity contribution < 1.29 is 4.79 Å². The van der Waals surface area contributed by atoms with Gasteiger partial charge < -0.3 is 5.32 Å². The SMILES string of the molecule is CC(C)Sc1nnc(NC(=O)CC(c2ccccc2)c2ccccc2)s1. The third kappa shape index (κ3) is 5.16. The number of anilines is 1. The van der Waals surface area contributed by atoms with Crippen LogP contribution >= 0.6 is 23.1 Å². The van der Waals surface area contributed by atoms with Gasteiger partial charge in [-0.25, -0.2) is 0 Å². The minimum absolute atomic E-state index is 0.00910. The molecule has 0 atom stereocenters. The number of amides is 1. The van der Waals surface area contributed by atoms with Crippen molar-refractivity contribution in [1.29, 1.82) is 0 Å². The average molecular weight is 384 g/mol. The highest BCUT2D eigenvalue weighted by molar-refractivity contribution is 8.01. The second-order valence-electron chi connectivity index (χ2n) is 6.17. The molecule has 0 spiro atoms. The van der Waals surface area contributed by atoms with Crippen LogP contribution in [0.15, 0.2) is 65.0 Å². The Bertz CT molecular complexity index is 795. The highest BCUT2D eigenvalue weighted by atomic mass is 32.2. The summed E-state index contributed by atoms with van der Waals surface area (Å²) in [5, 5.41) is 12.1. The van der Waals surface area contributed by atoms with E-state index in [1.54, 1.807) is 11.8 Å². The fraction of sp³-hybridized carbons (Fsp3) is 0.250. The summed E-state index contributed by atoms with van der Waals surface area (Å²) in [6.07, 6.45) is 0.361. The van der Waals surface area contributed by atoms with Crippen molar-refractivity contribution in [3.05, 3.63) is 71.8 Å². The third-order valence-electron chi connectivity index (χ3n) is 3.78. The Balaban J connectivity index is 1.72. The van der Waals surface area contributed by atoms with E-state index in [1.165, 1.54) is 11.3 Å². The summed E-state index contributed by atoms with van der Waals surface area (Å²) in [5.41, 5.74) is 2.25. The van der Waals surface area contributed by atoms with Gasteiger partial charge >= 0.3 is 0 Å². The lowest BCUT2D eigenvalue weighted by atomic mass is 9.88. The van der Waals surface area contributed by atoms with E-state index < -0.39 is 0 Å². The van der Waals surface area contributed by atoms with Crippen molar-refractivity contribution in [2.75, 3.05) is 5.32 Å². The predicted octanol–water partition coefficient (Wildman–Crippen LogP) is 5.20. The smallest absolute Gasteiger partial charge is 0.227 e. The lowest BCUT2D eigenvalue weighted by molar-refractivity contribution is -0.116. The molecule has 26 heavy (non-hydrogen) atoms. The van der Waals surface area contributed by atoms with E-state index in [2.05, 4.69) is 53.6 Å². The summed E-state index contributed by atoms with van der Waals surface area (Å²) >= 11 is 3.06. The number of benzene rings is 2. The maximum Gasteiger partial charge on any atom is 0.227 e. The maximum absolute atomic E-state index is 12.6. The van der Waals surface area contributed by atoms with Gasteiger partial charge in [-0.1, -0.05) is 97.6 Å². The van der Waals surface area contributed by atoms with Crippen molar-refractivity contribution in [2.24, 2.45) is 0 Å². The van der Waals surface area contributed by atoms with Gasteiger partial charge in [0, 0.05) is 17.6 Å². The molecule has 1 heterocycles. The normalized spacial score (nSPS) is 11.1. The Morgan fingerprint density at radius 3 is 2.12 bits per heavy atom.